The lowest BCUT2D eigenvalue weighted by Gasteiger charge is -2.16. The summed E-state index contributed by atoms with van der Waals surface area (Å²) in [5.74, 6) is 0.525. The predicted octanol–water partition coefficient (Wildman–Crippen LogP) is 3.98. The first-order valence-electron chi connectivity index (χ1n) is 8.22. The number of nitrogens with zero attached hydrogens (tertiary/aromatic N) is 1. The van der Waals surface area contributed by atoms with Crippen LogP contribution in [0.2, 0.25) is 0 Å². The Balaban J connectivity index is 0.00000243. The van der Waals surface area contributed by atoms with Crippen LogP contribution in [0.15, 0.2) is 54.6 Å². The van der Waals surface area contributed by atoms with E-state index in [-0.39, 0.29) is 24.2 Å². The summed E-state index contributed by atoms with van der Waals surface area (Å²) in [5, 5.41) is 0. The molecule has 1 heterocycles. The number of halogens is 4. The second kappa shape index (κ2) is 8.75. The van der Waals surface area contributed by atoms with Crippen molar-refractivity contribution < 1.29 is 17.9 Å². The zero-order valence-electron chi connectivity index (χ0n) is 14.2. The molecular formula is C19H22ClF3N2O. The molecule has 2 atom stereocenters. The average Bonchev–Trinajstić information content (AvgIpc) is 2.95. The highest BCUT2D eigenvalue weighted by atomic mass is 35.5. The zero-order chi connectivity index (χ0) is 17.9. The van der Waals surface area contributed by atoms with E-state index in [4.69, 9.17) is 10.5 Å². The highest BCUT2D eigenvalue weighted by Gasteiger charge is 2.31. The average molecular weight is 387 g/mol. The number of rotatable bonds is 5. The van der Waals surface area contributed by atoms with Gasteiger partial charge >= 0.3 is 6.18 Å². The quantitative estimate of drug-likeness (QED) is 0.844. The maximum absolute atomic E-state index is 12.2. The predicted molar refractivity (Wildman–Crippen MR) is 97.7 cm³/mol. The van der Waals surface area contributed by atoms with E-state index in [0.717, 1.165) is 25.2 Å². The van der Waals surface area contributed by atoms with Crippen molar-refractivity contribution >= 4 is 12.4 Å². The van der Waals surface area contributed by atoms with E-state index in [1.807, 2.05) is 18.2 Å². The van der Waals surface area contributed by atoms with Crippen LogP contribution in [-0.2, 0) is 6.54 Å². The third kappa shape index (κ3) is 5.62. The second-order valence-electron chi connectivity index (χ2n) is 6.42. The molecule has 0 bridgehead atoms. The normalized spacial score (nSPS) is 20.6. The minimum absolute atomic E-state index is 0. The van der Waals surface area contributed by atoms with Gasteiger partial charge in [0.05, 0.1) is 0 Å². The lowest BCUT2D eigenvalue weighted by atomic mass is 9.95. The third-order valence-corrected chi connectivity index (χ3v) is 4.40. The molecule has 0 saturated carbocycles. The van der Waals surface area contributed by atoms with Crippen LogP contribution in [0.1, 0.15) is 17.0 Å². The summed E-state index contributed by atoms with van der Waals surface area (Å²) >= 11 is 0. The van der Waals surface area contributed by atoms with Crippen LogP contribution in [0, 0.1) is 0 Å². The molecule has 0 radical (unpaired) electrons. The largest absolute Gasteiger partial charge is 0.484 e. The molecule has 0 amide bonds. The summed E-state index contributed by atoms with van der Waals surface area (Å²) < 4.78 is 41.2. The van der Waals surface area contributed by atoms with E-state index in [1.54, 1.807) is 24.3 Å². The standard InChI is InChI=1S/C19H21F3N2O.ClH/c20-19(21,22)13-25-16-8-6-14(7-9-16)10-24-11-17(18(23)12-24)15-4-2-1-3-5-15;/h1-9,17-18H,10-13,23H2;1H/t17-,18+;/m0./s1. The molecule has 2 aromatic rings. The maximum atomic E-state index is 12.2. The molecule has 1 fully saturated rings. The third-order valence-electron chi connectivity index (χ3n) is 4.40. The molecule has 3 rings (SSSR count). The molecule has 0 spiro atoms. The lowest BCUT2D eigenvalue weighted by Crippen LogP contribution is -2.28. The summed E-state index contributed by atoms with van der Waals surface area (Å²) in [6.07, 6.45) is -4.32. The smallest absolute Gasteiger partial charge is 0.422 e. The Kier molecular flexibility index (Phi) is 6.92. The van der Waals surface area contributed by atoms with Gasteiger partial charge in [-0.1, -0.05) is 42.5 Å². The molecule has 0 unspecified atom stereocenters. The van der Waals surface area contributed by atoms with E-state index >= 15 is 0 Å². The zero-order valence-corrected chi connectivity index (χ0v) is 15.0. The highest BCUT2D eigenvalue weighted by molar-refractivity contribution is 5.85. The van der Waals surface area contributed by atoms with Crippen molar-refractivity contribution in [2.45, 2.75) is 24.7 Å². The van der Waals surface area contributed by atoms with E-state index < -0.39 is 12.8 Å². The van der Waals surface area contributed by atoms with Crippen molar-refractivity contribution in [1.82, 2.24) is 4.90 Å². The van der Waals surface area contributed by atoms with Gasteiger partial charge in [-0.2, -0.15) is 13.2 Å². The van der Waals surface area contributed by atoms with Crippen molar-refractivity contribution in [2.24, 2.45) is 5.73 Å². The molecule has 1 saturated heterocycles. The highest BCUT2D eigenvalue weighted by Crippen LogP contribution is 2.27. The number of alkyl halides is 3. The summed E-state index contributed by atoms with van der Waals surface area (Å²) in [6, 6.07) is 17.1. The van der Waals surface area contributed by atoms with E-state index in [2.05, 4.69) is 17.0 Å². The van der Waals surface area contributed by atoms with Gasteiger partial charge in [-0.25, -0.2) is 0 Å². The number of benzene rings is 2. The van der Waals surface area contributed by atoms with Gasteiger partial charge in [-0.3, -0.25) is 4.90 Å². The summed E-state index contributed by atoms with van der Waals surface area (Å²) in [6.45, 7) is 1.12. The molecule has 3 nitrogen and oxygen atoms in total. The van der Waals surface area contributed by atoms with Gasteiger partial charge in [0.2, 0.25) is 0 Å². The van der Waals surface area contributed by atoms with Crippen LogP contribution in [0.4, 0.5) is 13.2 Å². The van der Waals surface area contributed by atoms with Crippen molar-refractivity contribution in [3.63, 3.8) is 0 Å². The van der Waals surface area contributed by atoms with Crippen LogP contribution in [0.5, 0.6) is 5.75 Å². The van der Waals surface area contributed by atoms with Gasteiger partial charge in [-0.15, -0.1) is 12.4 Å². The van der Waals surface area contributed by atoms with Crippen LogP contribution in [-0.4, -0.2) is 36.8 Å². The number of nitrogens with two attached hydrogens (primary N) is 1. The Labute approximate surface area is 157 Å². The van der Waals surface area contributed by atoms with E-state index in [1.165, 1.54) is 5.56 Å². The van der Waals surface area contributed by atoms with Crippen LogP contribution < -0.4 is 10.5 Å². The first-order chi connectivity index (χ1) is 11.9. The first-order valence-corrected chi connectivity index (χ1v) is 8.22. The van der Waals surface area contributed by atoms with Gasteiger partial charge in [0, 0.05) is 31.6 Å². The molecule has 0 aliphatic carbocycles. The Morgan fingerprint density at radius 2 is 1.65 bits per heavy atom. The van der Waals surface area contributed by atoms with Crippen molar-refractivity contribution in [2.75, 3.05) is 19.7 Å². The van der Waals surface area contributed by atoms with Gasteiger partial charge < -0.3 is 10.5 Å². The fourth-order valence-electron chi connectivity index (χ4n) is 3.21. The summed E-state index contributed by atoms with van der Waals surface area (Å²) in [5.41, 5.74) is 8.56. The van der Waals surface area contributed by atoms with Crippen LogP contribution in [0.3, 0.4) is 0 Å². The molecule has 1 aliphatic heterocycles. The van der Waals surface area contributed by atoms with Crippen molar-refractivity contribution in [3.8, 4) is 5.75 Å². The Morgan fingerprint density at radius 3 is 2.27 bits per heavy atom. The second-order valence-corrected chi connectivity index (χ2v) is 6.42. The summed E-state index contributed by atoms with van der Waals surface area (Å²) in [7, 11) is 0. The molecule has 7 heteroatoms. The molecule has 1 aliphatic rings. The lowest BCUT2D eigenvalue weighted by molar-refractivity contribution is -0.153. The molecule has 142 valence electrons. The van der Waals surface area contributed by atoms with Crippen molar-refractivity contribution in [3.05, 3.63) is 65.7 Å². The van der Waals surface area contributed by atoms with Gasteiger partial charge in [0.25, 0.3) is 0 Å². The SMILES string of the molecule is Cl.N[C@@H]1CN(Cc2ccc(OCC(F)(F)F)cc2)C[C@H]1c1ccccc1. The van der Waals surface area contributed by atoms with Crippen LogP contribution in [0.25, 0.3) is 0 Å². The van der Waals surface area contributed by atoms with Gasteiger partial charge in [0.15, 0.2) is 6.61 Å². The Hall–Kier alpha value is -1.76. The van der Waals surface area contributed by atoms with E-state index in [9.17, 15) is 13.2 Å². The van der Waals surface area contributed by atoms with Crippen molar-refractivity contribution in [1.29, 1.82) is 0 Å². The molecular weight excluding hydrogens is 365 g/mol. The number of hydrogen-bond donors (Lipinski definition) is 1. The molecule has 2 aromatic carbocycles. The number of ether oxygens (including phenoxy) is 1. The Morgan fingerprint density at radius 1 is 1.00 bits per heavy atom. The fourth-order valence-corrected chi connectivity index (χ4v) is 3.21. The summed E-state index contributed by atoms with van der Waals surface area (Å²) in [4.78, 5) is 2.27. The molecule has 0 aromatic heterocycles. The maximum Gasteiger partial charge on any atom is 0.422 e. The first kappa shape index (κ1) is 20.6. The van der Waals surface area contributed by atoms with Crippen LogP contribution >= 0.6 is 12.4 Å². The van der Waals surface area contributed by atoms with Gasteiger partial charge in [-0.05, 0) is 23.3 Å². The minimum Gasteiger partial charge on any atom is -0.484 e. The minimum atomic E-state index is -4.32. The molecule has 26 heavy (non-hydrogen) atoms. The monoisotopic (exact) mass is 386 g/mol. The Bertz CT molecular complexity index is 679. The van der Waals surface area contributed by atoms with E-state index in [0.29, 0.717) is 5.92 Å². The van der Waals surface area contributed by atoms with Gasteiger partial charge in [0.1, 0.15) is 5.75 Å². The number of likely N-dealkylation sites (tertiary alicyclic amines) is 1. The molecule has 2 N–H and O–H groups in total. The topological polar surface area (TPSA) is 38.5 Å². The fraction of sp³-hybridized carbons (Fsp3) is 0.368. The number of hydrogen-bond acceptors (Lipinski definition) is 3.